The van der Waals surface area contributed by atoms with E-state index in [0.29, 0.717) is 32.7 Å². The van der Waals surface area contributed by atoms with E-state index in [1.165, 1.54) is 45.5 Å². The highest BCUT2D eigenvalue weighted by molar-refractivity contribution is 6.89. The van der Waals surface area contributed by atoms with E-state index >= 15 is 0 Å². The summed E-state index contributed by atoms with van der Waals surface area (Å²) in [4.78, 5) is 36.2. The molecule has 3 atom stereocenters. The number of epoxide rings is 3. The second kappa shape index (κ2) is 43.9. The topological polar surface area (TPSA) is 190 Å². The molecule has 0 amide bonds. The van der Waals surface area contributed by atoms with E-state index in [0.717, 1.165) is 84.6 Å². The van der Waals surface area contributed by atoms with E-state index in [4.69, 9.17) is 36.0 Å². The highest BCUT2D eigenvalue weighted by Crippen LogP contribution is 2.57. The highest BCUT2D eigenvalue weighted by Gasteiger charge is 2.46. The molecule has 1 aromatic heterocycles. The van der Waals surface area contributed by atoms with Crippen molar-refractivity contribution in [1.82, 2.24) is 13.7 Å². The van der Waals surface area contributed by atoms with Crippen LogP contribution in [0.2, 0.25) is 91.7 Å². The molecule has 12 rings (SSSR count). The summed E-state index contributed by atoms with van der Waals surface area (Å²) in [5, 5.41) is 24.2. The van der Waals surface area contributed by atoms with Crippen molar-refractivity contribution in [3.05, 3.63) is 333 Å². The van der Waals surface area contributed by atoms with Gasteiger partial charge >= 0.3 is 25.6 Å². The predicted molar refractivity (Wildman–Crippen MR) is 505 cm³/mol. The summed E-state index contributed by atoms with van der Waals surface area (Å²) in [5.41, 5.74) is 14.6. The number of aromatic hydroxyl groups is 2. The minimum atomic E-state index is -1.71. The first-order chi connectivity index (χ1) is 55.5. The Kier molecular flexibility index (Phi) is 35.8. The summed E-state index contributed by atoms with van der Waals surface area (Å²) >= 11 is 0. The van der Waals surface area contributed by atoms with Crippen molar-refractivity contribution < 1.29 is 46.2 Å². The summed E-state index contributed by atoms with van der Waals surface area (Å²) in [6.07, 6.45) is 13.4. The summed E-state index contributed by atoms with van der Waals surface area (Å²) in [6, 6.07) is 51.1. The molecule has 4 heterocycles. The van der Waals surface area contributed by atoms with Crippen LogP contribution in [0.15, 0.2) is 260 Å². The van der Waals surface area contributed by atoms with Gasteiger partial charge in [-0.25, -0.2) is 28.1 Å². The number of fused-ring (bicyclic) bond motifs is 3. The molecule has 626 valence electrons. The smallest absolute Gasteiger partial charge is 0.336 e. The molecule has 0 saturated carbocycles. The van der Waals surface area contributed by atoms with Gasteiger partial charge in [0.1, 0.15) is 48.4 Å². The fraction of sp³-hybridized carbons (Fsp3) is 0.351. The number of rotatable bonds is 34. The fourth-order valence-electron chi connectivity index (χ4n) is 14.0. The first-order valence-corrected chi connectivity index (χ1v) is 60.9. The quantitative estimate of drug-likeness (QED) is 0.0220. The summed E-state index contributed by atoms with van der Waals surface area (Å²) in [7, 11) is -7.79. The van der Waals surface area contributed by atoms with Crippen molar-refractivity contribution in [2.24, 2.45) is 0 Å². The third-order valence-electron chi connectivity index (χ3n) is 20.3. The number of ether oxygens (including phenoxy) is 5. The van der Waals surface area contributed by atoms with Crippen LogP contribution in [0.25, 0.3) is 11.1 Å². The molecule has 3 aliphatic heterocycles. The molecule has 23 heteroatoms. The van der Waals surface area contributed by atoms with Gasteiger partial charge in [-0.15, -0.1) is 52.6 Å². The molecule has 4 aliphatic rings. The average molecular weight is 1710 g/mol. The zero-order chi connectivity index (χ0) is 86.2. The van der Waals surface area contributed by atoms with Crippen LogP contribution in [0.4, 0.5) is 0 Å². The van der Waals surface area contributed by atoms with Crippen molar-refractivity contribution in [2.45, 2.75) is 180 Å². The lowest BCUT2D eigenvalue weighted by Crippen LogP contribution is -2.54. The lowest BCUT2D eigenvalue weighted by atomic mass is 9.67. The van der Waals surface area contributed by atoms with Gasteiger partial charge in [-0.3, -0.25) is 0 Å². The SMILES string of the molecule is C=CCc1cc(C(C)(C)c2ccc(OCC3CO3)c(CC=C)c2)ccc1OCC1CO1.C=CCc1cc(C2(c3ccc(O)c(CC=C)c3)c3ccccc3-c3ccccc32)ccc1O.C=CCn1c(=O)n(CC=C)c(=O)n(CC2CO2)c1=O.C=C[Si](C)(C)O[Si](C)(C)C=C.C[SiH](C)O[Si](C)(C)O[SiH](C)C.C[SiH](C)c1ccc([SiH](C)C)cc1. The zero-order valence-corrected chi connectivity index (χ0v) is 80.0. The third kappa shape index (κ3) is 26.9. The number of phenols is 2. The van der Waals surface area contributed by atoms with Crippen molar-refractivity contribution in [3.63, 3.8) is 0 Å². The Labute approximate surface area is 706 Å². The van der Waals surface area contributed by atoms with Gasteiger partial charge in [-0.05, 0) is 182 Å². The van der Waals surface area contributed by atoms with Gasteiger partial charge in [0.05, 0.1) is 68.6 Å². The fourth-order valence-corrected chi connectivity index (χ4v) is 31.8. The van der Waals surface area contributed by atoms with Crippen LogP contribution in [-0.2, 0) is 82.7 Å². The van der Waals surface area contributed by atoms with Crippen LogP contribution in [0.3, 0.4) is 0 Å². The molecular formula is C94H129N3O13Si7. The maximum atomic E-state index is 12.1. The summed E-state index contributed by atoms with van der Waals surface area (Å²) in [6.45, 7) is 69.4. The lowest BCUT2D eigenvalue weighted by Gasteiger charge is -2.34. The summed E-state index contributed by atoms with van der Waals surface area (Å²) < 4.78 is 48.2. The number of benzene rings is 7. The minimum absolute atomic E-state index is 0.0562. The van der Waals surface area contributed by atoms with E-state index in [-0.39, 0.29) is 54.9 Å². The van der Waals surface area contributed by atoms with Gasteiger partial charge in [0, 0.05) is 5.41 Å². The molecule has 8 aromatic rings. The first-order valence-electron chi connectivity index (χ1n) is 40.7. The van der Waals surface area contributed by atoms with Gasteiger partial charge in [-0.1, -0.05) is 220 Å². The number of hydrogen-bond donors (Lipinski definition) is 2. The summed E-state index contributed by atoms with van der Waals surface area (Å²) in [5.74, 6) is 2.36. The Hall–Kier alpha value is -8.65. The maximum Gasteiger partial charge on any atom is 0.336 e. The first kappa shape index (κ1) is 95.5. The maximum absolute atomic E-state index is 12.1. The van der Waals surface area contributed by atoms with E-state index in [1.807, 2.05) is 47.8 Å². The molecule has 117 heavy (non-hydrogen) atoms. The Balaban J connectivity index is 0.000000206. The van der Waals surface area contributed by atoms with Crippen molar-refractivity contribution in [3.8, 4) is 34.1 Å². The molecule has 3 saturated heterocycles. The van der Waals surface area contributed by atoms with Gasteiger partial charge in [0.25, 0.3) is 0 Å². The molecule has 7 aromatic carbocycles. The monoisotopic (exact) mass is 1700 g/mol. The van der Waals surface area contributed by atoms with Crippen LogP contribution < -0.4 is 36.9 Å². The van der Waals surface area contributed by atoms with Crippen LogP contribution in [0.5, 0.6) is 23.0 Å². The molecule has 3 unspecified atom stereocenters. The molecule has 1 aliphatic carbocycles. The standard InChI is InChI=1S/C31H26O2.C27H32O4.C12H15N3O4.C10H18Si2.C8H18OSi2.C6H20O2Si3/c1-3-9-21-19-23(15-17-29(21)32)31(24-16-18-30(33)22(20-24)10-4-2)27-13-7-5-11-25(27)26-12-6-8-14-28(26)31;1-5-7-19-13-21(9-11-25(19)30-17-23-15-28-23)27(3,4)22-10-12-26(20(14-22)8-6-2)31-18-24-16-29-24;1-3-5-13-10(16)14(6-4-2)12(18)15(11(13)17)7-9-8-19-9;1-11(2)9-5-7-10(8-6-9)12(3)4;1-7-10(3,4)9-11(5,6)8-2;1-9(2)7-11(5,6)8-10(3)4/h3-8,11-20,32-33H,1-2,9-10H2;5-6,9-14,23-24H,1-2,7-8,15-18H2,3-4H3;3-4,9H,1-2,5-8H2;5-8,11-12H,1-4H3;7-8H,1-2H2,3-6H3;9-10H,1-6H3. The molecule has 2 N–H and O–H groups in total. The van der Waals surface area contributed by atoms with Gasteiger partial charge in [0.2, 0.25) is 0 Å². The van der Waals surface area contributed by atoms with Crippen LogP contribution in [-0.4, -0.2) is 136 Å². The molecule has 3 fully saturated rings. The van der Waals surface area contributed by atoms with E-state index < -0.39 is 83.4 Å². The second-order valence-corrected chi connectivity index (χ2v) is 55.8. The van der Waals surface area contributed by atoms with Gasteiger partial charge in [0.15, 0.2) is 34.7 Å². The largest absolute Gasteiger partial charge is 0.508 e. The third-order valence-corrected chi connectivity index (χ3v) is 38.2. The highest BCUT2D eigenvalue weighted by atomic mass is 28.5. The Morgan fingerprint density at radius 3 is 1.14 bits per heavy atom. The lowest BCUT2D eigenvalue weighted by molar-refractivity contribution is 0.261. The van der Waals surface area contributed by atoms with Gasteiger partial charge in [-0.2, -0.15) is 0 Å². The molecule has 16 nitrogen and oxygen atoms in total. The predicted octanol–water partition coefficient (Wildman–Crippen LogP) is 16.5. The number of allylic oxidation sites excluding steroid dienone is 6. The van der Waals surface area contributed by atoms with Crippen molar-refractivity contribution in [2.75, 3.05) is 33.0 Å². The molecule has 0 spiro atoms. The molecular weight excluding hydrogens is 1580 g/mol. The Bertz CT molecular complexity index is 4620. The normalized spacial score (nSPS) is 15.3. The zero-order valence-electron chi connectivity index (χ0n) is 72.4. The van der Waals surface area contributed by atoms with Gasteiger partial charge < -0.3 is 46.2 Å². The number of phenolic OH excluding ortho intramolecular Hbond substituents is 2. The molecule has 0 radical (unpaired) electrons. The van der Waals surface area contributed by atoms with Crippen molar-refractivity contribution >= 4 is 71.2 Å². The average Bonchev–Trinajstić information content (AvgIpc) is 1.54. The number of aromatic nitrogens is 3. The van der Waals surface area contributed by atoms with E-state index in [9.17, 15) is 24.6 Å². The van der Waals surface area contributed by atoms with E-state index in [2.05, 4.69) is 279 Å². The molecule has 0 bridgehead atoms. The number of hydrogen-bond acceptors (Lipinski definition) is 13. The van der Waals surface area contributed by atoms with Crippen LogP contribution in [0.1, 0.15) is 69.5 Å². The Morgan fingerprint density at radius 1 is 0.462 bits per heavy atom. The van der Waals surface area contributed by atoms with Crippen LogP contribution in [0, 0.1) is 0 Å². The van der Waals surface area contributed by atoms with Crippen molar-refractivity contribution in [1.29, 1.82) is 0 Å². The van der Waals surface area contributed by atoms with E-state index in [1.54, 1.807) is 22.5 Å². The minimum Gasteiger partial charge on any atom is -0.508 e. The second-order valence-electron chi connectivity index (χ2n) is 32.9. The Morgan fingerprint density at radius 2 is 0.812 bits per heavy atom. The van der Waals surface area contributed by atoms with Crippen LogP contribution >= 0.6 is 0 Å². The number of nitrogens with zero attached hydrogens (tertiary/aromatic N) is 3.